The average molecular weight is 395 g/mol. The first-order valence-electron chi connectivity index (χ1n) is 9.53. The number of amides is 1. The number of hydrogen-bond donors (Lipinski definition) is 1. The Balaban J connectivity index is 1.70. The largest absolute Gasteiger partial charge is 0.493 e. The van der Waals surface area contributed by atoms with Crippen molar-refractivity contribution in [2.75, 3.05) is 18.7 Å². The van der Waals surface area contributed by atoms with Crippen LogP contribution in [0.4, 0.5) is 5.69 Å². The van der Waals surface area contributed by atoms with Crippen LogP contribution in [-0.2, 0) is 16.1 Å². The monoisotopic (exact) mass is 395 g/mol. The Hall–Kier alpha value is -3.35. The van der Waals surface area contributed by atoms with Crippen molar-refractivity contribution in [3.05, 3.63) is 54.1 Å². The highest BCUT2D eigenvalue weighted by molar-refractivity contribution is 6.40. The van der Waals surface area contributed by atoms with Gasteiger partial charge in [0.05, 0.1) is 19.4 Å². The first-order chi connectivity index (χ1) is 14.0. The Bertz CT molecular complexity index is 912. The Kier molecular flexibility index (Phi) is 6.49. The number of para-hydroxylation sites is 1. The molecule has 7 heteroatoms. The fourth-order valence-corrected chi connectivity index (χ4v) is 3.16. The summed E-state index contributed by atoms with van der Waals surface area (Å²) in [7, 11) is 1.58. The average Bonchev–Trinajstić information content (AvgIpc) is 3.19. The van der Waals surface area contributed by atoms with E-state index in [0.29, 0.717) is 30.4 Å². The molecule has 0 saturated carbocycles. The number of ketones is 1. The molecule has 1 heterocycles. The lowest BCUT2D eigenvalue weighted by atomic mass is 10.1. The van der Waals surface area contributed by atoms with Gasteiger partial charge in [0.15, 0.2) is 17.3 Å². The summed E-state index contributed by atoms with van der Waals surface area (Å²) in [5.41, 5.74) is 2.00. The van der Waals surface area contributed by atoms with E-state index in [9.17, 15) is 9.59 Å². The highest BCUT2D eigenvalue weighted by Gasteiger charge is 2.34. The van der Waals surface area contributed by atoms with Crippen LogP contribution in [0.2, 0.25) is 0 Å². The van der Waals surface area contributed by atoms with Gasteiger partial charge in [-0.3, -0.25) is 14.6 Å². The van der Waals surface area contributed by atoms with Crippen LogP contribution in [0.3, 0.4) is 0 Å². The van der Waals surface area contributed by atoms with E-state index in [1.165, 1.54) is 6.92 Å². The van der Waals surface area contributed by atoms with Crippen molar-refractivity contribution in [3.63, 3.8) is 0 Å². The fourth-order valence-electron chi connectivity index (χ4n) is 3.16. The summed E-state index contributed by atoms with van der Waals surface area (Å²) in [6.45, 7) is 4.28. The van der Waals surface area contributed by atoms with Gasteiger partial charge in [-0.05, 0) is 43.7 Å². The zero-order valence-corrected chi connectivity index (χ0v) is 16.8. The van der Waals surface area contributed by atoms with E-state index in [1.54, 1.807) is 12.1 Å². The third kappa shape index (κ3) is 4.74. The van der Waals surface area contributed by atoms with Gasteiger partial charge < -0.3 is 14.8 Å². The number of nitrogens with zero attached hydrogens (tertiary/aromatic N) is 2. The quantitative estimate of drug-likeness (QED) is 0.743. The second-order valence-corrected chi connectivity index (χ2v) is 6.66. The van der Waals surface area contributed by atoms with Crippen LogP contribution in [0.1, 0.15) is 25.8 Å². The molecule has 2 aromatic carbocycles. The molecule has 29 heavy (non-hydrogen) atoms. The number of anilines is 1. The molecule has 0 saturated heterocycles. The summed E-state index contributed by atoms with van der Waals surface area (Å²) in [4.78, 5) is 24.7. The molecule has 1 aliphatic rings. The van der Waals surface area contributed by atoms with E-state index < -0.39 is 6.04 Å². The molecule has 0 aliphatic carbocycles. The molecular weight excluding hydrogens is 370 g/mol. The van der Waals surface area contributed by atoms with Crippen LogP contribution in [-0.4, -0.2) is 37.2 Å². The third-order valence-corrected chi connectivity index (χ3v) is 4.64. The van der Waals surface area contributed by atoms with Crippen molar-refractivity contribution in [3.8, 4) is 11.5 Å². The van der Waals surface area contributed by atoms with Crippen molar-refractivity contribution >= 4 is 23.1 Å². The van der Waals surface area contributed by atoms with Crippen LogP contribution < -0.4 is 19.8 Å². The highest BCUT2D eigenvalue weighted by atomic mass is 16.5. The zero-order chi connectivity index (χ0) is 20.8. The lowest BCUT2D eigenvalue weighted by molar-refractivity contribution is -0.118. The van der Waals surface area contributed by atoms with Gasteiger partial charge in [0, 0.05) is 13.0 Å². The summed E-state index contributed by atoms with van der Waals surface area (Å²) in [6, 6.07) is 14.4. The molecule has 0 aromatic heterocycles. The van der Waals surface area contributed by atoms with Crippen molar-refractivity contribution in [1.82, 2.24) is 5.32 Å². The number of hydrazone groups is 1. The fraction of sp³-hybridized carbons (Fsp3) is 0.318. The molecule has 0 spiro atoms. The SMILES string of the molecule is CCOc1ccc(CNC(=O)C2=NN(c3ccccc3)C(C(C)=O)C2)cc1OC. The molecule has 0 bridgehead atoms. The second kappa shape index (κ2) is 9.23. The Morgan fingerprint density at radius 3 is 2.59 bits per heavy atom. The molecule has 1 amide bonds. The molecule has 1 N–H and O–H groups in total. The summed E-state index contributed by atoms with van der Waals surface area (Å²) in [6.07, 6.45) is 0.280. The standard InChI is InChI=1S/C22H25N3O4/c1-4-29-20-11-10-16(12-21(20)28-3)14-23-22(27)18-13-19(15(2)26)25(24-18)17-8-6-5-7-9-17/h5-12,19H,4,13-14H2,1-3H3,(H,23,27). The first kappa shape index (κ1) is 20.4. The third-order valence-electron chi connectivity index (χ3n) is 4.64. The first-order valence-corrected chi connectivity index (χ1v) is 9.53. The number of carbonyl (C=O) groups is 2. The number of carbonyl (C=O) groups excluding carboxylic acids is 2. The van der Waals surface area contributed by atoms with Gasteiger partial charge in [0.2, 0.25) is 0 Å². The van der Waals surface area contributed by atoms with Gasteiger partial charge in [0.25, 0.3) is 5.91 Å². The minimum absolute atomic E-state index is 0.0309. The van der Waals surface area contributed by atoms with Gasteiger partial charge in [-0.25, -0.2) is 0 Å². The molecule has 0 fully saturated rings. The Morgan fingerprint density at radius 1 is 1.17 bits per heavy atom. The summed E-state index contributed by atoms with van der Waals surface area (Å²) in [5.74, 6) is 0.955. The minimum Gasteiger partial charge on any atom is -0.493 e. The Morgan fingerprint density at radius 2 is 1.93 bits per heavy atom. The van der Waals surface area contributed by atoms with E-state index in [0.717, 1.165) is 11.3 Å². The van der Waals surface area contributed by atoms with Crippen molar-refractivity contribution < 1.29 is 19.1 Å². The molecule has 1 atom stereocenters. The predicted molar refractivity (Wildman–Crippen MR) is 111 cm³/mol. The lowest BCUT2D eigenvalue weighted by Gasteiger charge is -2.20. The van der Waals surface area contributed by atoms with Crippen LogP contribution in [0.25, 0.3) is 0 Å². The van der Waals surface area contributed by atoms with E-state index in [2.05, 4.69) is 10.4 Å². The summed E-state index contributed by atoms with van der Waals surface area (Å²) in [5, 5.41) is 8.91. The maximum Gasteiger partial charge on any atom is 0.267 e. The molecule has 152 valence electrons. The maximum atomic E-state index is 12.7. The van der Waals surface area contributed by atoms with Crippen molar-refractivity contribution in [2.24, 2.45) is 5.10 Å². The van der Waals surface area contributed by atoms with E-state index in [4.69, 9.17) is 9.47 Å². The molecule has 1 unspecified atom stereocenters. The van der Waals surface area contributed by atoms with Crippen LogP contribution in [0, 0.1) is 0 Å². The number of ether oxygens (including phenoxy) is 2. The summed E-state index contributed by atoms with van der Waals surface area (Å²) < 4.78 is 10.9. The van der Waals surface area contributed by atoms with Crippen LogP contribution in [0.5, 0.6) is 11.5 Å². The highest BCUT2D eigenvalue weighted by Crippen LogP contribution is 2.28. The van der Waals surface area contributed by atoms with E-state index in [1.807, 2.05) is 55.5 Å². The maximum absolute atomic E-state index is 12.7. The molecule has 7 nitrogen and oxygen atoms in total. The van der Waals surface area contributed by atoms with Crippen molar-refractivity contribution in [1.29, 1.82) is 0 Å². The lowest BCUT2D eigenvalue weighted by Crippen LogP contribution is -2.34. The number of nitrogens with one attached hydrogen (secondary N) is 1. The topological polar surface area (TPSA) is 80.2 Å². The van der Waals surface area contributed by atoms with Gasteiger partial charge in [-0.2, -0.15) is 5.10 Å². The molecule has 0 radical (unpaired) electrons. The van der Waals surface area contributed by atoms with E-state index >= 15 is 0 Å². The number of rotatable bonds is 8. The van der Waals surface area contributed by atoms with Crippen LogP contribution >= 0.6 is 0 Å². The smallest absolute Gasteiger partial charge is 0.267 e. The van der Waals surface area contributed by atoms with E-state index in [-0.39, 0.29) is 18.1 Å². The predicted octanol–water partition coefficient (Wildman–Crippen LogP) is 2.93. The van der Waals surface area contributed by atoms with Crippen molar-refractivity contribution in [2.45, 2.75) is 32.9 Å². The number of methoxy groups -OCH3 is 1. The minimum atomic E-state index is -0.469. The molecule has 3 rings (SSSR count). The van der Waals surface area contributed by atoms with Crippen LogP contribution in [0.15, 0.2) is 53.6 Å². The van der Waals surface area contributed by atoms with Gasteiger partial charge >= 0.3 is 0 Å². The normalized spacial score (nSPS) is 15.6. The molecular formula is C22H25N3O4. The number of hydrogen-bond acceptors (Lipinski definition) is 6. The number of benzene rings is 2. The number of Topliss-reactive ketones (excluding diaryl/α,β-unsaturated/α-hetero) is 1. The Labute approximate surface area is 170 Å². The molecule has 2 aromatic rings. The van der Waals surface area contributed by atoms with Gasteiger partial charge in [-0.15, -0.1) is 0 Å². The second-order valence-electron chi connectivity index (χ2n) is 6.66. The van der Waals surface area contributed by atoms with Gasteiger partial charge in [0.1, 0.15) is 11.8 Å². The summed E-state index contributed by atoms with van der Waals surface area (Å²) >= 11 is 0. The molecule has 1 aliphatic heterocycles. The zero-order valence-electron chi connectivity index (χ0n) is 16.8. The van der Waals surface area contributed by atoms with Gasteiger partial charge in [-0.1, -0.05) is 24.3 Å².